The largest absolute Gasteiger partial charge is 0.490 e. The number of H-pyrrole nitrogens is 1. The van der Waals surface area contributed by atoms with Crippen LogP contribution in [0.15, 0.2) is 66.7 Å². The van der Waals surface area contributed by atoms with Crippen LogP contribution in [0.2, 0.25) is 0 Å². The summed E-state index contributed by atoms with van der Waals surface area (Å²) in [6.07, 6.45) is -6.32. The van der Waals surface area contributed by atoms with E-state index in [9.17, 15) is 27.9 Å². The van der Waals surface area contributed by atoms with E-state index < -0.39 is 24.0 Å². The van der Waals surface area contributed by atoms with Gasteiger partial charge < -0.3 is 20.3 Å². The Labute approximate surface area is 218 Å². The first-order valence-electron chi connectivity index (χ1n) is 11.3. The molecule has 0 fully saturated rings. The highest BCUT2D eigenvalue weighted by Gasteiger charge is 2.49. The molecule has 4 aromatic rings. The summed E-state index contributed by atoms with van der Waals surface area (Å²) in [5.41, 5.74) is 2.73. The van der Waals surface area contributed by atoms with Gasteiger partial charge in [0, 0.05) is 23.2 Å². The van der Waals surface area contributed by atoms with Crippen LogP contribution in [-0.4, -0.2) is 54.3 Å². The second-order valence-electron chi connectivity index (χ2n) is 8.65. The Morgan fingerprint density at radius 3 is 2.38 bits per heavy atom. The number of aliphatic hydroxyl groups is 1. The Kier molecular flexibility index (Phi) is 7.03. The van der Waals surface area contributed by atoms with Crippen LogP contribution < -0.4 is 5.32 Å². The number of carbonyl (C=O) groups excluding carboxylic acids is 1. The van der Waals surface area contributed by atoms with Crippen LogP contribution in [0.25, 0.3) is 11.0 Å². The van der Waals surface area contributed by atoms with E-state index in [2.05, 4.69) is 15.3 Å². The number of imidazole rings is 1. The topological polar surface area (TPSA) is 156 Å². The molecule has 1 unspecified atom stereocenters. The molecule has 5 N–H and O–H groups in total. The number of rotatable bonds is 4. The quantitative estimate of drug-likeness (QED) is 0.255. The maximum Gasteiger partial charge on any atom is 0.490 e. The number of halogens is 3. The number of carboxylic acids is 1. The number of benzene rings is 3. The molecule has 0 spiro atoms. The van der Waals surface area contributed by atoms with E-state index in [-0.39, 0.29) is 18.4 Å². The van der Waals surface area contributed by atoms with Gasteiger partial charge in [-0.2, -0.15) is 13.2 Å². The number of carboxylic acid groups (broad SMARTS) is 2. The SMILES string of the molecule is Cc1cccc(CN2C(=O)c3ccccc3C2(O)c2ccc3[nH]c(NC(=O)O)nc3c2)c1.O=C(O)C(F)(F)F. The molecular formula is C26H21F3N4O6. The van der Waals surface area contributed by atoms with Gasteiger partial charge in [0.2, 0.25) is 5.95 Å². The molecule has 1 aliphatic rings. The fourth-order valence-corrected chi connectivity index (χ4v) is 4.29. The zero-order valence-electron chi connectivity index (χ0n) is 20.2. The molecule has 0 radical (unpaired) electrons. The number of aromatic amines is 1. The van der Waals surface area contributed by atoms with E-state index in [1.807, 2.05) is 31.2 Å². The molecule has 13 heteroatoms. The Bertz CT molecular complexity index is 1590. The van der Waals surface area contributed by atoms with Gasteiger partial charge >= 0.3 is 18.2 Å². The summed E-state index contributed by atoms with van der Waals surface area (Å²) in [6, 6.07) is 19.9. The lowest BCUT2D eigenvalue weighted by molar-refractivity contribution is -0.192. The van der Waals surface area contributed by atoms with Crippen molar-refractivity contribution in [1.82, 2.24) is 14.9 Å². The number of nitrogens with one attached hydrogen (secondary N) is 2. The molecule has 1 aromatic heterocycles. The molecule has 0 bridgehead atoms. The summed E-state index contributed by atoms with van der Waals surface area (Å²) in [6.45, 7) is 2.20. The number of alkyl halides is 3. The van der Waals surface area contributed by atoms with Crippen LogP contribution in [-0.2, 0) is 17.1 Å². The Morgan fingerprint density at radius 2 is 1.74 bits per heavy atom. The number of amides is 2. The van der Waals surface area contributed by atoms with Gasteiger partial charge in [-0.05, 0) is 30.7 Å². The van der Waals surface area contributed by atoms with Gasteiger partial charge in [0.1, 0.15) is 0 Å². The van der Waals surface area contributed by atoms with Gasteiger partial charge in [0.25, 0.3) is 5.91 Å². The highest BCUT2D eigenvalue weighted by molar-refractivity contribution is 6.00. The van der Waals surface area contributed by atoms with Crippen molar-refractivity contribution in [3.05, 3.63) is 94.5 Å². The van der Waals surface area contributed by atoms with E-state index in [1.54, 1.807) is 42.5 Å². The predicted molar refractivity (Wildman–Crippen MR) is 132 cm³/mol. The summed E-state index contributed by atoms with van der Waals surface area (Å²) in [4.78, 5) is 41.7. The second kappa shape index (κ2) is 10.1. The second-order valence-corrected chi connectivity index (χ2v) is 8.65. The number of hydrogen-bond donors (Lipinski definition) is 5. The lowest BCUT2D eigenvalue weighted by Gasteiger charge is -2.35. The Hall–Kier alpha value is -4.91. The number of aryl methyl sites for hydroxylation is 1. The highest BCUT2D eigenvalue weighted by atomic mass is 19.4. The smallest absolute Gasteiger partial charge is 0.475 e. The molecule has 0 saturated heterocycles. The monoisotopic (exact) mass is 542 g/mol. The highest BCUT2D eigenvalue weighted by Crippen LogP contribution is 2.43. The summed E-state index contributed by atoms with van der Waals surface area (Å²) in [5, 5.41) is 30.3. The summed E-state index contributed by atoms with van der Waals surface area (Å²) < 4.78 is 31.7. The number of fused-ring (bicyclic) bond motifs is 2. The molecule has 2 heterocycles. The third kappa shape index (κ3) is 5.38. The van der Waals surface area contributed by atoms with Crippen molar-refractivity contribution in [2.75, 3.05) is 5.32 Å². The molecule has 39 heavy (non-hydrogen) atoms. The third-order valence-electron chi connectivity index (χ3n) is 5.95. The lowest BCUT2D eigenvalue weighted by Crippen LogP contribution is -2.44. The minimum Gasteiger partial charge on any atom is -0.475 e. The summed E-state index contributed by atoms with van der Waals surface area (Å²) in [5.74, 6) is -2.94. The summed E-state index contributed by atoms with van der Waals surface area (Å²) >= 11 is 0. The maximum atomic E-state index is 13.3. The van der Waals surface area contributed by atoms with Crippen LogP contribution >= 0.6 is 0 Å². The van der Waals surface area contributed by atoms with E-state index >= 15 is 0 Å². The number of anilines is 1. The average Bonchev–Trinajstić information content (AvgIpc) is 3.35. The van der Waals surface area contributed by atoms with E-state index in [0.717, 1.165) is 11.1 Å². The number of carbonyl (C=O) groups is 3. The zero-order chi connectivity index (χ0) is 28.5. The van der Waals surface area contributed by atoms with E-state index in [1.165, 1.54) is 4.90 Å². The normalized spacial score (nSPS) is 16.4. The zero-order valence-corrected chi connectivity index (χ0v) is 20.2. The van der Waals surface area contributed by atoms with Crippen molar-refractivity contribution >= 4 is 35.0 Å². The standard InChI is InChI=1S/C24H20N4O4.C2HF3O2/c1-14-5-4-6-15(11-14)13-28-21(29)17-7-2-3-8-18(17)24(28,32)16-9-10-19-20(12-16)26-22(25-19)27-23(30)31;3-2(4,5)1(6)7/h2-12,32H,13H2,1H3,(H,30,31)(H2,25,26,27);(H,6,7). The van der Waals surface area contributed by atoms with Crippen LogP contribution in [0.5, 0.6) is 0 Å². The van der Waals surface area contributed by atoms with Crippen molar-refractivity contribution in [2.24, 2.45) is 0 Å². The number of hydrogen-bond acceptors (Lipinski definition) is 5. The van der Waals surface area contributed by atoms with Crippen molar-refractivity contribution < 1.29 is 42.9 Å². The third-order valence-corrected chi connectivity index (χ3v) is 5.95. The first-order chi connectivity index (χ1) is 18.3. The molecule has 5 rings (SSSR count). The minimum atomic E-state index is -5.08. The maximum absolute atomic E-state index is 13.3. The van der Waals surface area contributed by atoms with Crippen molar-refractivity contribution in [2.45, 2.75) is 25.4 Å². The molecule has 0 aliphatic carbocycles. The molecule has 1 atom stereocenters. The van der Waals surface area contributed by atoms with Crippen LogP contribution in [0, 0.1) is 6.92 Å². The number of aromatic nitrogens is 2. The molecule has 0 saturated carbocycles. The van der Waals surface area contributed by atoms with Gasteiger partial charge in [-0.25, -0.2) is 14.6 Å². The summed E-state index contributed by atoms with van der Waals surface area (Å²) in [7, 11) is 0. The van der Waals surface area contributed by atoms with E-state index in [4.69, 9.17) is 15.0 Å². The predicted octanol–water partition coefficient (Wildman–Crippen LogP) is 4.44. The van der Waals surface area contributed by atoms with Crippen LogP contribution in [0.3, 0.4) is 0 Å². The molecular weight excluding hydrogens is 521 g/mol. The Balaban J connectivity index is 0.000000448. The van der Waals surface area contributed by atoms with E-state index in [0.29, 0.717) is 27.7 Å². The van der Waals surface area contributed by atoms with Crippen LogP contribution in [0.1, 0.15) is 32.6 Å². The Morgan fingerprint density at radius 1 is 1.05 bits per heavy atom. The van der Waals surface area contributed by atoms with Crippen molar-refractivity contribution in [3.8, 4) is 0 Å². The lowest BCUT2D eigenvalue weighted by atomic mass is 9.93. The molecule has 10 nitrogen and oxygen atoms in total. The van der Waals surface area contributed by atoms with Gasteiger partial charge in [-0.1, -0.05) is 54.1 Å². The number of aliphatic carboxylic acids is 1. The fourth-order valence-electron chi connectivity index (χ4n) is 4.29. The van der Waals surface area contributed by atoms with Gasteiger partial charge in [-0.15, -0.1) is 0 Å². The molecule has 1 aliphatic heterocycles. The van der Waals surface area contributed by atoms with Crippen LogP contribution in [0.4, 0.5) is 23.9 Å². The molecule has 2 amide bonds. The average molecular weight is 542 g/mol. The molecule has 3 aromatic carbocycles. The van der Waals surface area contributed by atoms with Crippen molar-refractivity contribution in [3.63, 3.8) is 0 Å². The van der Waals surface area contributed by atoms with Gasteiger partial charge in [0.05, 0.1) is 11.0 Å². The van der Waals surface area contributed by atoms with Gasteiger partial charge in [-0.3, -0.25) is 15.0 Å². The fraction of sp³-hybridized carbons (Fsp3) is 0.154. The molecule has 202 valence electrons. The number of nitrogens with zero attached hydrogens (tertiary/aromatic N) is 2. The van der Waals surface area contributed by atoms with Gasteiger partial charge in [0.15, 0.2) is 5.72 Å². The van der Waals surface area contributed by atoms with Crippen molar-refractivity contribution in [1.29, 1.82) is 0 Å². The first-order valence-corrected chi connectivity index (χ1v) is 11.3. The minimum absolute atomic E-state index is 0.0798. The first kappa shape index (κ1) is 27.1.